The van der Waals surface area contributed by atoms with Crippen molar-refractivity contribution in [3.63, 3.8) is 0 Å². The molecule has 86 valence electrons. The standard InChI is InChI=1S/C10H13N3O3/c1-7-3-2-4-8(12-7)13-10(16)11-6-5-9(14)15/h2-4H,5-6H2,1H3,(H,14,15)(H2,11,12,13,16). The van der Waals surface area contributed by atoms with Gasteiger partial charge in [-0.1, -0.05) is 6.07 Å². The molecule has 0 saturated carbocycles. The van der Waals surface area contributed by atoms with Gasteiger partial charge in [-0.25, -0.2) is 9.78 Å². The van der Waals surface area contributed by atoms with E-state index in [2.05, 4.69) is 15.6 Å². The number of carbonyl (C=O) groups is 2. The van der Waals surface area contributed by atoms with Gasteiger partial charge in [0.2, 0.25) is 0 Å². The quantitative estimate of drug-likeness (QED) is 0.709. The van der Waals surface area contributed by atoms with Crippen molar-refractivity contribution in [1.29, 1.82) is 0 Å². The molecule has 16 heavy (non-hydrogen) atoms. The van der Waals surface area contributed by atoms with Crippen LogP contribution in [0.1, 0.15) is 12.1 Å². The van der Waals surface area contributed by atoms with Crippen LogP contribution in [0.3, 0.4) is 0 Å². The maximum absolute atomic E-state index is 11.3. The predicted octanol–water partition coefficient (Wildman–Crippen LogP) is 0.986. The topological polar surface area (TPSA) is 91.3 Å². The van der Waals surface area contributed by atoms with Crippen LogP contribution in [0.5, 0.6) is 0 Å². The Hall–Kier alpha value is -2.11. The summed E-state index contributed by atoms with van der Waals surface area (Å²) in [7, 11) is 0. The van der Waals surface area contributed by atoms with Crippen molar-refractivity contribution in [2.24, 2.45) is 0 Å². The smallest absolute Gasteiger partial charge is 0.320 e. The largest absolute Gasteiger partial charge is 0.481 e. The summed E-state index contributed by atoms with van der Waals surface area (Å²) in [5.74, 6) is -0.512. The molecule has 1 aromatic heterocycles. The van der Waals surface area contributed by atoms with Gasteiger partial charge in [0.05, 0.1) is 6.42 Å². The van der Waals surface area contributed by atoms with E-state index < -0.39 is 12.0 Å². The second-order valence-electron chi connectivity index (χ2n) is 3.19. The minimum atomic E-state index is -0.950. The van der Waals surface area contributed by atoms with Crippen LogP contribution in [-0.4, -0.2) is 28.6 Å². The maximum atomic E-state index is 11.3. The number of pyridine rings is 1. The molecular formula is C10H13N3O3. The van der Waals surface area contributed by atoms with Crippen LogP contribution in [0.2, 0.25) is 0 Å². The third-order valence-electron chi connectivity index (χ3n) is 1.75. The first-order valence-electron chi connectivity index (χ1n) is 4.78. The number of aryl methyl sites for hydroxylation is 1. The van der Waals surface area contributed by atoms with Crippen molar-refractivity contribution < 1.29 is 14.7 Å². The highest BCUT2D eigenvalue weighted by molar-refractivity contribution is 5.88. The second kappa shape index (κ2) is 5.69. The molecule has 0 radical (unpaired) electrons. The number of aromatic nitrogens is 1. The SMILES string of the molecule is Cc1cccc(NC(=O)NCCC(=O)O)n1. The van der Waals surface area contributed by atoms with E-state index in [1.165, 1.54) is 0 Å². The lowest BCUT2D eigenvalue weighted by atomic mass is 10.4. The number of carboxylic acids is 1. The molecule has 2 amide bonds. The molecule has 0 saturated heterocycles. The fourth-order valence-corrected chi connectivity index (χ4v) is 1.06. The number of hydrogen-bond acceptors (Lipinski definition) is 3. The highest BCUT2D eigenvalue weighted by Crippen LogP contribution is 2.02. The van der Waals surface area contributed by atoms with Gasteiger partial charge < -0.3 is 10.4 Å². The highest BCUT2D eigenvalue weighted by atomic mass is 16.4. The van der Waals surface area contributed by atoms with Gasteiger partial charge in [0, 0.05) is 12.2 Å². The molecule has 1 rings (SSSR count). The summed E-state index contributed by atoms with van der Waals surface area (Å²) in [5, 5.41) is 13.3. The third kappa shape index (κ3) is 4.41. The Morgan fingerprint density at radius 1 is 1.44 bits per heavy atom. The van der Waals surface area contributed by atoms with Gasteiger partial charge in [-0.2, -0.15) is 0 Å². The number of aliphatic carboxylic acids is 1. The normalized spacial score (nSPS) is 9.56. The molecular weight excluding hydrogens is 210 g/mol. The van der Waals surface area contributed by atoms with Crippen LogP contribution in [0, 0.1) is 6.92 Å². The Kier molecular flexibility index (Phi) is 4.26. The number of anilines is 1. The van der Waals surface area contributed by atoms with Gasteiger partial charge in [-0.05, 0) is 19.1 Å². The van der Waals surface area contributed by atoms with Gasteiger partial charge >= 0.3 is 12.0 Å². The molecule has 0 spiro atoms. The van der Waals surface area contributed by atoms with E-state index in [9.17, 15) is 9.59 Å². The number of hydrogen-bond donors (Lipinski definition) is 3. The molecule has 0 aliphatic rings. The lowest BCUT2D eigenvalue weighted by Gasteiger charge is -2.05. The lowest BCUT2D eigenvalue weighted by Crippen LogP contribution is -2.30. The van der Waals surface area contributed by atoms with E-state index in [0.717, 1.165) is 5.69 Å². The predicted molar refractivity (Wildman–Crippen MR) is 58.2 cm³/mol. The molecule has 3 N–H and O–H groups in total. The van der Waals surface area contributed by atoms with E-state index in [1.807, 2.05) is 13.0 Å². The number of urea groups is 1. The monoisotopic (exact) mass is 223 g/mol. The van der Waals surface area contributed by atoms with Crippen molar-refractivity contribution >= 4 is 17.8 Å². The van der Waals surface area contributed by atoms with Gasteiger partial charge in [-0.15, -0.1) is 0 Å². The van der Waals surface area contributed by atoms with Crippen LogP contribution >= 0.6 is 0 Å². The molecule has 0 aliphatic carbocycles. The summed E-state index contributed by atoms with van der Waals surface area (Å²) < 4.78 is 0. The Bertz CT molecular complexity index is 393. The van der Waals surface area contributed by atoms with Crippen LogP contribution < -0.4 is 10.6 Å². The number of carbonyl (C=O) groups excluding carboxylic acids is 1. The fraction of sp³-hybridized carbons (Fsp3) is 0.300. The van der Waals surface area contributed by atoms with E-state index in [1.54, 1.807) is 12.1 Å². The number of nitrogens with one attached hydrogen (secondary N) is 2. The molecule has 0 unspecified atom stereocenters. The number of nitrogens with zero attached hydrogens (tertiary/aromatic N) is 1. The first-order valence-corrected chi connectivity index (χ1v) is 4.78. The average Bonchev–Trinajstić information content (AvgIpc) is 2.16. The zero-order valence-corrected chi connectivity index (χ0v) is 8.86. The molecule has 0 bridgehead atoms. The molecule has 0 aromatic carbocycles. The third-order valence-corrected chi connectivity index (χ3v) is 1.75. The van der Waals surface area contributed by atoms with Crippen molar-refractivity contribution in [3.8, 4) is 0 Å². The number of amides is 2. The summed E-state index contributed by atoms with van der Waals surface area (Å²) in [6.45, 7) is 1.90. The second-order valence-corrected chi connectivity index (χ2v) is 3.19. The molecule has 0 aliphatic heterocycles. The van der Waals surface area contributed by atoms with E-state index in [4.69, 9.17) is 5.11 Å². The summed E-state index contributed by atoms with van der Waals surface area (Å²) in [6, 6.07) is 4.78. The van der Waals surface area contributed by atoms with Crippen LogP contribution in [-0.2, 0) is 4.79 Å². The zero-order chi connectivity index (χ0) is 12.0. The Labute approximate surface area is 92.7 Å². The lowest BCUT2D eigenvalue weighted by molar-refractivity contribution is -0.136. The fourth-order valence-electron chi connectivity index (χ4n) is 1.06. The maximum Gasteiger partial charge on any atom is 0.320 e. The van der Waals surface area contributed by atoms with E-state index in [-0.39, 0.29) is 13.0 Å². The van der Waals surface area contributed by atoms with Crippen molar-refractivity contribution in [2.45, 2.75) is 13.3 Å². The minimum absolute atomic E-state index is 0.0903. The van der Waals surface area contributed by atoms with Gasteiger partial charge in [-0.3, -0.25) is 10.1 Å². The first kappa shape index (κ1) is 12.0. The molecule has 1 aromatic rings. The van der Waals surface area contributed by atoms with Crippen molar-refractivity contribution in [3.05, 3.63) is 23.9 Å². The molecule has 6 heteroatoms. The van der Waals surface area contributed by atoms with Crippen LogP contribution in [0.25, 0.3) is 0 Å². The average molecular weight is 223 g/mol. The molecule has 6 nitrogen and oxygen atoms in total. The van der Waals surface area contributed by atoms with Crippen molar-refractivity contribution in [1.82, 2.24) is 10.3 Å². The van der Waals surface area contributed by atoms with Gasteiger partial charge in [0.25, 0.3) is 0 Å². The Balaban J connectivity index is 2.37. The molecule has 1 heterocycles. The molecule has 0 atom stereocenters. The van der Waals surface area contributed by atoms with Crippen molar-refractivity contribution in [2.75, 3.05) is 11.9 Å². The summed E-state index contributed by atoms with van der Waals surface area (Å²) >= 11 is 0. The number of carboxylic acid groups (broad SMARTS) is 1. The first-order chi connectivity index (χ1) is 7.58. The van der Waals surface area contributed by atoms with Crippen LogP contribution in [0.15, 0.2) is 18.2 Å². The summed E-state index contributed by atoms with van der Waals surface area (Å²) in [5.41, 5.74) is 0.795. The number of rotatable bonds is 4. The van der Waals surface area contributed by atoms with Gasteiger partial charge in [0.1, 0.15) is 5.82 Å². The van der Waals surface area contributed by atoms with Crippen LogP contribution in [0.4, 0.5) is 10.6 Å². The minimum Gasteiger partial charge on any atom is -0.481 e. The summed E-state index contributed by atoms with van der Waals surface area (Å²) in [6.07, 6.45) is -0.103. The van der Waals surface area contributed by atoms with E-state index in [0.29, 0.717) is 5.82 Å². The molecule has 0 fully saturated rings. The van der Waals surface area contributed by atoms with E-state index >= 15 is 0 Å². The van der Waals surface area contributed by atoms with Gasteiger partial charge in [0.15, 0.2) is 0 Å². The highest BCUT2D eigenvalue weighted by Gasteiger charge is 2.03. The summed E-state index contributed by atoms with van der Waals surface area (Å²) in [4.78, 5) is 25.5. The zero-order valence-electron chi connectivity index (χ0n) is 8.86. The Morgan fingerprint density at radius 2 is 2.19 bits per heavy atom. The Morgan fingerprint density at radius 3 is 2.81 bits per heavy atom.